The molecule has 3 rings (SSSR count). The lowest BCUT2D eigenvalue weighted by molar-refractivity contribution is -0.137. The van der Waals surface area contributed by atoms with Crippen LogP contribution in [-0.4, -0.2) is 78.3 Å². The highest BCUT2D eigenvalue weighted by molar-refractivity contribution is 5.89. The Kier molecular flexibility index (Phi) is 6.30. The molecule has 8 heteroatoms. The van der Waals surface area contributed by atoms with Crippen LogP contribution in [0.4, 0.5) is 0 Å². The van der Waals surface area contributed by atoms with Crippen LogP contribution in [0.1, 0.15) is 12.5 Å². The van der Waals surface area contributed by atoms with Crippen LogP contribution in [0.3, 0.4) is 0 Å². The Morgan fingerprint density at radius 1 is 1.14 bits per heavy atom. The van der Waals surface area contributed by atoms with Crippen LogP contribution in [0.25, 0.3) is 10.9 Å². The summed E-state index contributed by atoms with van der Waals surface area (Å²) in [6.07, 6.45) is 2.33. The normalized spacial score (nSPS) is 16.0. The number of nitrogens with one attached hydrogen (secondary N) is 3. The molecule has 8 nitrogen and oxygen atoms in total. The molecule has 1 aromatic carbocycles. The Hall–Kier alpha value is -2.87. The maximum absolute atomic E-state index is 13.1. The number of rotatable bonds is 6. The van der Waals surface area contributed by atoms with E-state index in [-0.39, 0.29) is 17.7 Å². The molecule has 3 N–H and O–H groups in total. The van der Waals surface area contributed by atoms with Gasteiger partial charge in [-0.15, -0.1) is 0 Å². The van der Waals surface area contributed by atoms with Crippen molar-refractivity contribution in [2.75, 3.05) is 39.8 Å². The molecule has 1 fully saturated rings. The Bertz CT molecular complexity index is 854. The second-order valence-electron chi connectivity index (χ2n) is 7.09. The molecule has 0 aliphatic carbocycles. The number of likely N-dealkylation sites (N-methyl/N-ethyl adjacent to an activating group) is 1. The number of piperazine rings is 1. The highest BCUT2D eigenvalue weighted by Crippen LogP contribution is 2.20. The van der Waals surface area contributed by atoms with Gasteiger partial charge in [0, 0.05) is 63.7 Å². The predicted octanol–water partition coefficient (Wildman–Crippen LogP) is 0.105. The fraction of sp³-hybridized carbons (Fsp3) is 0.450. The second-order valence-corrected chi connectivity index (χ2v) is 7.09. The highest BCUT2D eigenvalue weighted by Gasteiger charge is 2.29. The molecule has 0 spiro atoms. The predicted molar refractivity (Wildman–Crippen MR) is 107 cm³/mol. The van der Waals surface area contributed by atoms with Crippen molar-refractivity contribution >= 4 is 28.6 Å². The number of hydrogen-bond acceptors (Lipinski definition) is 4. The van der Waals surface area contributed by atoms with Crippen LogP contribution in [-0.2, 0) is 20.8 Å². The van der Waals surface area contributed by atoms with Gasteiger partial charge in [-0.25, -0.2) is 0 Å². The van der Waals surface area contributed by atoms with E-state index in [1.54, 1.807) is 11.9 Å². The second kappa shape index (κ2) is 8.88. The van der Waals surface area contributed by atoms with Crippen molar-refractivity contribution in [1.29, 1.82) is 0 Å². The maximum Gasteiger partial charge on any atom is 0.245 e. The molecule has 150 valence electrons. The lowest BCUT2D eigenvalue weighted by atomic mass is 10.0. The first-order chi connectivity index (χ1) is 13.5. The lowest BCUT2D eigenvalue weighted by Crippen LogP contribution is -2.56. The number of nitrogens with zero attached hydrogens (tertiary/aromatic N) is 2. The first-order valence-electron chi connectivity index (χ1n) is 9.51. The third-order valence-corrected chi connectivity index (χ3v) is 5.10. The van der Waals surface area contributed by atoms with Crippen molar-refractivity contribution in [3.8, 4) is 0 Å². The molecule has 3 amide bonds. The minimum Gasteiger partial charge on any atom is -0.361 e. The molecule has 1 aliphatic heterocycles. The van der Waals surface area contributed by atoms with Crippen molar-refractivity contribution < 1.29 is 14.4 Å². The Balaban J connectivity index is 1.67. The molecular formula is C20H27N5O3. The van der Waals surface area contributed by atoms with Crippen LogP contribution in [0.2, 0.25) is 0 Å². The molecule has 0 bridgehead atoms. The Morgan fingerprint density at radius 2 is 1.86 bits per heavy atom. The fourth-order valence-electron chi connectivity index (χ4n) is 3.59. The molecule has 1 atom stereocenters. The number of hydrogen-bond donors (Lipinski definition) is 3. The van der Waals surface area contributed by atoms with E-state index in [2.05, 4.69) is 15.6 Å². The van der Waals surface area contributed by atoms with E-state index in [1.807, 2.05) is 35.4 Å². The maximum atomic E-state index is 13.1. The molecule has 2 heterocycles. The smallest absolute Gasteiger partial charge is 0.245 e. The summed E-state index contributed by atoms with van der Waals surface area (Å²) < 4.78 is 0. The Morgan fingerprint density at radius 3 is 2.54 bits per heavy atom. The number of para-hydroxylation sites is 1. The summed E-state index contributed by atoms with van der Waals surface area (Å²) in [6, 6.07) is 7.30. The third-order valence-electron chi connectivity index (χ3n) is 5.10. The minimum atomic E-state index is -0.609. The topological polar surface area (TPSA) is 97.5 Å². The van der Waals surface area contributed by atoms with E-state index >= 15 is 0 Å². The van der Waals surface area contributed by atoms with Crippen LogP contribution in [0, 0.1) is 0 Å². The molecule has 2 aromatic rings. The van der Waals surface area contributed by atoms with Gasteiger partial charge in [0.2, 0.25) is 17.7 Å². The number of fused-ring (bicyclic) bond motifs is 1. The minimum absolute atomic E-state index is 0.0322. The van der Waals surface area contributed by atoms with Crippen molar-refractivity contribution in [1.82, 2.24) is 25.4 Å². The summed E-state index contributed by atoms with van der Waals surface area (Å²) in [5.41, 5.74) is 2.01. The monoisotopic (exact) mass is 385 g/mol. The van der Waals surface area contributed by atoms with E-state index in [0.717, 1.165) is 16.5 Å². The van der Waals surface area contributed by atoms with Crippen LogP contribution in [0.5, 0.6) is 0 Å². The van der Waals surface area contributed by atoms with Crippen molar-refractivity contribution in [3.05, 3.63) is 36.0 Å². The molecule has 1 aliphatic rings. The van der Waals surface area contributed by atoms with Gasteiger partial charge >= 0.3 is 0 Å². The summed E-state index contributed by atoms with van der Waals surface area (Å²) in [4.78, 5) is 43.3. The first kappa shape index (κ1) is 19.9. The zero-order chi connectivity index (χ0) is 20.1. The number of aromatic nitrogens is 1. The van der Waals surface area contributed by atoms with Gasteiger partial charge in [-0.2, -0.15) is 0 Å². The summed E-state index contributed by atoms with van der Waals surface area (Å²) in [5.74, 6) is -0.341. The molecule has 1 unspecified atom stereocenters. The summed E-state index contributed by atoms with van der Waals surface area (Å²) >= 11 is 0. The van der Waals surface area contributed by atoms with Crippen LogP contribution in [0.15, 0.2) is 30.5 Å². The molecule has 1 aromatic heterocycles. The first-order valence-corrected chi connectivity index (χ1v) is 9.51. The van der Waals surface area contributed by atoms with E-state index in [9.17, 15) is 14.4 Å². The zero-order valence-electron chi connectivity index (χ0n) is 16.3. The standard InChI is InChI=1S/C20H27N5O3/c1-14(26)23-18(11-15-12-22-17-6-4-3-5-16(15)17)20(28)25-9-7-24(8-10-25)13-19(27)21-2/h3-6,12,18,22H,7-11,13H2,1-2H3,(H,21,27)(H,23,26). The van der Waals surface area contributed by atoms with Gasteiger partial charge in [0.15, 0.2) is 0 Å². The summed E-state index contributed by atoms with van der Waals surface area (Å²) in [5, 5.41) is 6.48. The molecule has 28 heavy (non-hydrogen) atoms. The van der Waals surface area contributed by atoms with E-state index in [4.69, 9.17) is 0 Å². The lowest BCUT2D eigenvalue weighted by Gasteiger charge is -2.36. The number of aromatic amines is 1. The average molecular weight is 385 g/mol. The SMILES string of the molecule is CNC(=O)CN1CCN(C(=O)C(Cc2c[nH]c3ccccc23)NC(C)=O)CC1. The van der Waals surface area contributed by atoms with Gasteiger partial charge in [-0.05, 0) is 11.6 Å². The van der Waals surface area contributed by atoms with Gasteiger partial charge in [-0.3, -0.25) is 19.3 Å². The van der Waals surface area contributed by atoms with Gasteiger partial charge < -0.3 is 20.5 Å². The molecular weight excluding hydrogens is 358 g/mol. The largest absolute Gasteiger partial charge is 0.361 e. The highest BCUT2D eigenvalue weighted by atomic mass is 16.2. The van der Waals surface area contributed by atoms with E-state index < -0.39 is 6.04 Å². The summed E-state index contributed by atoms with van der Waals surface area (Å²) in [7, 11) is 1.62. The molecule has 0 saturated carbocycles. The van der Waals surface area contributed by atoms with Crippen LogP contribution < -0.4 is 10.6 Å². The van der Waals surface area contributed by atoms with Gasteiger partial charge in [-0.1, -0.05) is 18.2 Å². The number of amides is 3. The van der Waals surface area contributed by atoms with E-state index in [1.165, 1.54) is 6.92 Å². The molecule has 1 saturated heterocycles. The Labute approximate surface area is 164 Å². The number of H-pyrrole nitrogens is 1. The quantitative estimate of drug-likeness (QED) is 0.657. The molecule has 0 radical (unpaired) electrons. The fourth-order valence-corrected chi connectivity index (χ4v) is 3.59. The van der Waals surface area contributed by atoms with Gasteiger partial charge in [0.1, 0.15) is 6.04 Å². The van der Waals surface area contributed by atoms with Crippen molar-refractivity contribution in [2.24, 2.45) is 0 Å². The number of carbonyl (C=O) groups is 3. The van der Waals surface area contributed by atoms with E-state index in [0.29, 0.717) is 39.1 Å². The van der Waals surface area contributed by atoms with Crippen LogP contribution >= 0.6 is 0 Å². The van der Waals surface area contributed by atoms with Crippen molar-refractivity contribution in [3.63, 3.8) is 0 Å². The average Bonchev–Trinajstić information content (AvgIpc) is 3.10. The van der Waals surface area contributed by atoms with Gasteiger partial charge in [0.05, 0.1) is 6.54 Å². The third kappa shape index (κ3) is 4.69. The van der Waals surface area contributed by atoms with Gasteiger partial charge in [0.25, 0.3) is 0 Å². The number of benzene rings is 1. The van der Waals surface area contributed by atoms with Crippen molar-refractivity contribution in [2.45, 2.75) is 19.4 Å². The summed E-state index contributed by atoms with van der Waals surface area (Å²) in [6.45, 7) is 4.12. The number of carbonyl (C=O) groups excluding carboxylic acids is 3. The zero-order valence-corrected chi connectivity index (χ0v) is 16.3.